The fraction of sp³-hybridized carbons (Fsp3) is 0.625. The van der Waals surface area contributed by atoms with Crippen LogP contribution in [-0.2, 0) is 4.74 Å². The van der Waals surface area contributed by atoms with E-state index in [-0.39, 0.29) is 6.04 Å². The zero-order valence-corrected chi connectivity index (χ0v) is 12.0. The van der Waals surface area contributed by atoms with E-state index in [4.69, 9.17) is 10.5 Å². The highest BCUT2D eigenvalue weighted by molar-refractivity contribution is 5.55. The lowest BCUT2D eigenvalue weighted by Gasteiger charge is -2.25. The summed E-state index contributed by atoms with van der Waals surface area (Å²) < 4.78 is 5.69. The second kappa shape index (κ2) is 7.51. The maximum absolute atomic E-state index is 6.25. The first kappa shape index (κ1) is 14.4. The molecule has 0 radical (unpaired) electrons. The fourth-order valence-electron chi connectivity index (χ4n) is 2.62. The van der Waals surface area contributed by atoms with Crippen LogP contribution in [0.3, 0.4) is 0 Å². The van der Waals surface area contributed by atoms with Crippen LogP contribution >= 0.6 is 0 Å². The Labute approximate surface area is 116 Å². The standard InChI is InChI=1S/C16H26N2O/c1-2-3-12-19-13-11-18-10-6-8-15(17)14-7-4-5-9-16(14)18/h4-5,7,9,15H,2-3,6,8,10-13,17H2,1H3. The molecule has 2 rings (SSSR count). The summed E-state index contributed by atoms with van der Waals surface area (Å²) in [5, 5.41) is 0. The van der Waals surface area contributed by atoms with E-state index in [2.05, 4.69) is 36.1 Å². The van der Waals surface area contributed by atoms with Gasteiger partial charge in [-0.3, -0.25) is 0 Å². The van der Waals surface area contributed by atoms with Crippen LogP contribution in [0, 0.1) is 0 Å². The summed E-state index contributed by atoms with van der Waals surface area (Å²) in [6.07, 6.45) is 4.58. The van der Waals surface area contributed by atoms with Crippen molar-refractivity contribution < 1.29 is 4.74 Å². The van der Waals surface area contributed by atoms with E-state index in [9.17, 15) is 0 Å². The molecule has 19 heavy (non-hydrogen) atoms. The SMILES string of the molecule is CCCCOCCN1CCCC(N)c2ccccc21. The summed E-state index contributed by atoms with van der Waals surface area (Å²) in [6, 6.07) is 8.71. The van der Waals surface area contributed by atoms with Crippen molar-refractivity contribution in [1.29, 1.82) is 0 Å². The van der Waals surface area contributed by atoms with Crippen molar-refractivity contribution in [3.8, 4) is 0 Å². The third kappa shape index (κ3) is 3.95. The van der Waals surface area contributed by atoms with Gasteiger partial charge in [0, 0.05) is 31.4 Å². The number of para-hydroxylation sites is 1. The number of fused-ring (bicyclic) bond motifs is 1. The molecule has 1 aromatic carbocycles. The second-order valence-corrected chi connectivity index (χ2v) is 5.26. The predicted molar refractivity (Wildman–Crippen MR) is 80.5 cm³/mol. The van der Waals surface area contributed by atoms with Crippen LogP contribution < -0.4 is 10.6 Å². The molecule has 0 saturated carbocycles. The first-order valence-corrected chi connectivity index (χ1v) is 7.50. The van der Waals surface area contributed by atoms with Gasteiger partial charge in [-0.15, -0.1) is 0 Å². The van der Waals surface area contributed by atoms with Gasteiger partial charge in [0.25, 0.3) is 0 Å². The van der Waals surface area contributed by atoms with Gasteiger partial charge in [0.1, 0.15) is 0 Å². The number of hydrogen-bond donors (Lipinski definition) is 1. The Morgan fingerprint density at radius 2 is 2.16 bits per heavy atom. The molecule has 1 aromatic rings. The zero-order valence-electron chi connectivity index (χ0n) is 12.0. The molecule has 0 amide bonds. The minimum absolute atomic E-state index is 0.183. The summed E-state index contributed by atoms with van der Waals surface area (Å²) in [6.45, 7) is 5.93. The van der Waals surface area contributed by atoms with Gasteiger partial charge < -0.3 is 15.4 Å². The first-order chi connectivity index (χ1) is 9.33. The molecule has 0 aromatic heterocycles. The molecule has 0 bridgehead atoms. The number of benzene rings is 1. The zero-order chi connectivity index (χ0) is 13.5. The van der Waals surface area contributed by atoms with Crippen LogP contribution in [0.15, 0.2) is 24.3 Å². The largest absolute Gasteiger partial charge is 0.380 e. The van der Waals surface area contributed by atoms with Gasteiger partial charge in [0.2, 0.25) is 0 Å². The average Bonchev–Trinajstić information content (AvgIpc) is 2.59. The first-order valence-electron chi connectivity index (χ1n) is 7.50. The highest BCUT2D eigenvalue weighted by Gasteiger charge is 2.19. The van der Waals surface area contributed by atoms with Gasteiger partial charge in [-0.25, -0.2) is 0 Å². The molecule has 1 unspecified atom stereocenters. The Kier molecular flexibility index (Phi) is 5.67. The minimum Gasteiger partial charge on any atom is -0.380 e. The lowest BCUT2D eigenvalue weighted by atomic mass is 10.0. The molecule has 106 valence electrons. The Morgan fingerprint density at radius 1 is 1.32 bits per heavy atom. The van der Waals surface area contributed by atoms with E-state index < -0.39 is 0 Å². The van der Waals surface area contributed by atoms with Crippen LogP contribution in [0.4, 0.5) is 5.69 Å². The smallest absolute Gasteiger partial charge is 0.0641 e. The Morgan fingerprint density at radius 3 is 3.00 bits per heavy atom. The molecular weight excluding hydrogens is 236 g/mol. The van der Waals surface area contributed by atoms with Crippen molar-refractivity contribution in [3.05, 3.63) is 29.8 Å². The van der Waals surface area contributed by atoms with E-state index in [1.54, 1.807) is 0 Å². The van der Waals surface area contributed by atoms with Gasteiger partial charge in [0.05, 0.1) is 6.61 Å². The Balaban J connectivity index is 1.94. The molecule has 0 spiro atoms. The maximum Gasteiger partial charge on any atom is 0.0641 e. The number of ether oxygens (including phenoxy) is 1. The van der Waals surface area contributed by atoms with Gasteiger partial charge in [-0.05, 0) is 30.9 Å². The number of hydrogen-bond acceptors (Lipinski definition) is 3. The molecule has 1 atom stereocenters. The predicted octanol–water partition coefficient (Wildman–Crippen LogP) is 3.10. The van der Waals surface area contributed by atoms with E-state index >= 15 is 0 Å². The molecule has 0 fully saturated rings. The van der Waals surface area contributed by atoms with E-state index in [0.29, 0.717) is 0 Å². The van der Waals surface area contributed by atoms with Gasteiger partial charge in [-0.2, -0.15) is 0 Å². The van der Waals surface area contributed by atoms with Crippen molar-refractivity contribution in [2.24, 2.45) is 5.73 Å². The summed E-state index contributed by atoms with van der Waals surface area (Å²) in [5.41, 5.74) is 8.83. The molecule has 1 aliphatic rings. The van der Waals surface area contributed by atoms with Crippen LogP contribution in [0.1, 0.15) is 44.2 Å². The minimum atomic E-state index is 0.183. The number of unbranched alkanes of at least 4 members (excludes halogenated alkanes) is 1. The Bertz CT molecular complexity index is 381. The molecule has 1 heterocycles. The molecule has 3 heteroatoms. The highest BCUT2D eigenvalue weighted by Crippen LogP contribution is 2.30. The summed E-state index contributed by atoms with van der Waals surface area (Å²) in [7, 11) is 0. The maximum atomic E-state index is 6.25. The number of nitrogens with zero attached hydrogens (tertiary/aromatic N) is 1. The molecule has 2 N–H and O–H groups in total. The van der Waals surface area contributed by atoms with E-state index in [1.807, 2.05) is 0 Å². The van der Waals surface area contributed by atoms with Crippen molar-refractivity contribution in [1.82, 2.24) is 0 Å². The number of anilines is 1. The number of nitrogens with two attached hydrogens (primary N) is 1. The number of rotatable bonds is 6. The average molecular weight is 262 g/mol. The van der Waals surface area contributed by atoms with Crippen LogP contribution in [-0.4, -0.2) is 26.3 Å². The monoisotopic (exact) mass is 262 g/mol. The molecule has 1 aliphatic heterocycles. The quantitative estimate of drug-likeness (QED) is 0.801. The molecule has 3 nitrogen and oxygen atoms in total. The van der Waals surface area contributed by atoms with Crippen LogP contribution in [0.25, 0.3) is 0 Å². The van der Waals surface area contributed by atoms with Gasteiger partial charge in [0.15, 0.2) is 0 Å². The van der Waals surface area contributed by atoms with Crippen molar-refractivity contribution >= 4 is 5.69 Å². The van der Waals surface area contributed by atoms with Crippen molar-refractivity contribution in [3.63, 3.8) is 0 Å². The summed E-state index contributed by atoms with van der Waals surface area (Å²) in [4.78, 5) is 2.42. The van der Waals surface area contributed by atoms with E-state index in [1.165, 1.54) is 17.7 Å². The lowest BCUT2D eigenvalue weighted by Crippen LogP contribution is -2.28. The second-order valence-electron chi connectivity index (χ2n) is 5.26. The molecule has 0 aliphatic carbocycles. The van der Waals surface area contributed by atoms with Crippen LogP contribution in [0.2, 0.25) is 0 Å². The van der Waals surface area contributed by atoms with Gasteiger partial charge >= 0.3 is 0 Å². The summed E-state index contributed by atoms with van der Waals surface area (Å²) in [5.74, 6) is 0. The third-order valence-electron chi connectivity index (χ3n) is 3.77. The lowest BCUT2D eigenvalue weighted by molar-refractivity contribution is 0.137. The third-order valence-corrected chi connectivity index (χ3v) is 3.77. The fourth-order valence-corrected chi connectivity index (χ4v) is 2.62. The highest BCUT2D eigenvalue weighted by atomic mass is 16.5. The van der Waals surface area contributed by atoms with Crippen molar-refractivity contribution in [2.45, 2.75) is 38.6 Å². The molecule has 0 saturated heterocycles. The topological polar surface area (TPSA) is 38.5 Å². The van der Waals surface area contributed by atoms with Crippen molar-refractivity contribution in [2.75, 3.05) is 31.2 Å². The van der Waals surface area contributed by atoms with Crippen LogP contribution in [0.5, 0.6) is 0 Å². The van der Waals surface area contributed by atoms with E-state index in [0.717, 1.165) is 45.6 Å². The normalized spacial score (nSPS) is 19.1. The Hall–Kier alpha value is -1.06. The summed E-state index contributed by atoms with van der Waals surface area (Å²) >= 11 is 0. The van der Waals surface area contributed by atoms with Gasteiger partial charge in [-0.1, -0.05) is 31.5 Å². The molecular formula is C16H26N2O.